The lowest BCUT2D eigenvalue weighted by atomic mass is 9.65. The Hall–Kier alpha value is -3.32. The molecule has 8 atom stereocenters. The molecule has 0 radical (unpaired) electrons. The second-order valence-electron chi connectivity index (χ2n) is 12.5. The van der Waals surface area contributed by atoms with Gasteiger partial charge in [-0.25, -0.2) is 14.4 Å². The van der Waals surface area contributed by atoms with E-state index in [1.165, 1.54) is 6.07 Å². The molecule has 236 valence electrons. The first kappa shape index (κ1) is 30.7. The molecule has 4 aliphatic rings. The van der Waals surface area contributed by atoms with Gasteiger partial charge in [-0.2, -0.15) is 0 Å². The first-order valence-electron chi connectivity index (χ1n) is 15.3. The second kappa shape index (κ2) is 12.2. The number of para-hydroxylation sites is 1. The molecule has 0 saturated carbocycles. The van der Waals surface area contributed by atoms with Gasteiger partial charge in [0.1, 0.15) is 11.9 Å². The topological polar surface area (TPSA) is 128 Å². The number of hydrogen-bond donors (Lipinski definition) is 4. The van der Waals surface area contributed by atoms with Gasteiger partial charge in [0.15, 0.2) is 5.82 Å². The van der Waals surface area contributed by atoms with Crippen molar-refractivity contribution in [1.29, 1.82) is 0 Å². The summed E-state index contributed by atoms with van der Waals surface area (Å²) in [6.45, 7) is 7.81. The van der Waals surface area contributed by atoms with Crippen LogP contribution in [0.25, 0.3) is 0 Å². The van der Waals surface area contributed by atoms with Crippen molar-refractivity contribution in [3.63, 3.8) is 0 Å². The Morgan fingerprint density at radius 3 is 2.77 bits per heavy atom. The van der Waals surface area contributed by atoms with Crippen LogP contribution < -0.4 is 21.4 Å². The quantitative estimate of drug-likeness (QED) is 0.352. The number of aromatic nitrogens is 1. The SMILES string of the molecule is CC1NCCN(NC(=O)C2CC34CCC(O3)C(C(=O)Nc3cc(Cl)c(F)cn3)C4C(=O)N2C(C)CNc2ccccc2)C1C. The summed E-state index contributed by atoms with van der Waals surface area (Å²) in [6.07, 6.45) is 1.89. The van der Waals surface area contributed by atoms with Crippen molar-refractivity contribution in [2.24, 2.45) is 11.8 Å². The summed E-state index contributed by atoms with van der Waals surface area (Å²) in [5.41, 5.74) is 3.07. The van der Waals surface area contributed by atoms with Crippen LogP contribution in [0, 0.1) is 17.7 Å². The minimum Gasteiger partial charge on any atom is -0.383 e. The Labute approximate surface area is 261 Å². The molecule has 6 rings (SSSR count). The lowest BCUT2D eigenvalue weighted by Crippen LogP contribution is -2.69. The van der Waals surface area contributed by atoms with E-state index in [0.29, 0.717) is 25.9 Å². The van der Waals surface area contributed by atoms with Crippen LogP contribution in [0.1, 0.15) is 40.0 Å². The number of carbonyl (C=O) groups is 3. The van der Waals surface area contributed by atoms with E-state index in [9.17, 15) is 18.8 Å². The molecule has 0 aliphatic carbocycles. The monoisotopic (exact) mass is 627 g/mol. The normalized spacial score (nSPS) is 32.2. The molecule has 4 aliphatic heterocycles. The molecule has 2 aromatic rings. The van der Waals surface area contributed by atoms with Gasteiger partial charge in [0.05, 0.1) is 34.8 Å². The highest BCUT2D eigenvalue weighted by molar-refractivity contribution is 6.31. The molecular formula is C31H39ClFN7O4. The number of hydrazine groups is 1. The minimum absolute atomic E-state index is 0.0590. The van der Waals surface area contributed by atoms with E-state index in [4.69, 9.17) is 16.3 Å². The molecule has 5 heterocycles. The predicted molar refractivity (Wildman–Crippen MR) is 163 cm³/mol. The standard InChI is InChI=1S/C31H39ClFN7O4/c1-17(15-35-20-7-5-4-6-8-20)40-23(28(41)38-39-12-11-34-18(2)19(39)3)14-31-10-9-24(44-31)26(27(31)30(40)43)29(42)37-25-13-21(32)22(33)16-36-25/h4-8,13,16-19,23-24,26-27,34-35H,9-12,14-15H2,1-3H3,(H,38,41)(H,36,37,42). The third-order valence-electron chi connectivity index (χ3n) is 9.76. The number of benzene rings is 1. The van der Waals surface area contributed by atoms with E-state index < -0.39 is 41.3 Å². The van der Waals surface area contributed by atoms with E-state index in [0.717, 1.165) is 18.4 Å². The number of piperazine rings is 1. The van der Waals surface area contributed by atoms with Gasteiger partial charge in [-0.05, 0) is 45.7 Å². The summed E-state index contributed by atoms with van der Waals surface area (Å²) in [4.78, 5) is 47.9. The van der Waals surface area contributed by atoms with Gasteiger partial charge < -0.3 is 25.6 Å². The largest absolute Gasteiger partial charge is 0.383 e. The summed E-state index contributed by atoms with van der Waals surface area (Å²) in [5.74, 6) is -3.16. The highest BCUT2D eigenvalue weighted by Crippen LogP contribution is 2.57. The zero-order valence-corrected chi connectivity index (χ0v) is 25.8. The Morgan fingerprint density at radius 2 is 2.02 bits per heavy atom. The van der Waals surface area contributed by atoms with E-state index in [1.54, 1.807) is 4.90 Å². The number of halogens is 2. The maximum absolute atomic E-state index is 14.6. The number of piperidine rings is 1. The molecule has 4 fully saturated rings. The Balaban J connectivity index is 1.27. The number of anilines is 2. The highest BCUT2D eigenvalue weighted by atomic mass is 35.5. The number of ether oxygens (including phenoxy) is 1. The molecule has 3 amide bonds. The highest BCUT2D eigenvalue weighted by Gasteiger charge is 2.68. The summed E-state index contributed by atoms with van der Waals surface area (Å²) < 4.78 is 20.2. The molecule has 1 aromatic carbocycles. The number of nitrogens with zero attached hydrogens (tertiary/aromatic N) is 3. The minimum atomic E-state index is -0.939. The van der Waals surface area contributed by atoms with E-state index in [2.05, 4.69) is 40.2 Å². The summed E-state index contributed by atoms with van der Waals surface area (Å²) >= 11 is 5.91. The second-order valence-corrected chi connectivity index (χ2v) is 12.9. The van der Waals surface area contributed by atoms with Crippen LogP contribution in [-0.2, 0) is 19.1 Å². The Morgan fingerprint density at radius 1 is 1.25 bits per heavy atom. The first-order valence-corrected chi connectivity index (χ1v) is 15.7. The lowest BCUT2D eigenvalue weighted by Gasteiger charge is -2.50. The Bertz CT molecular complexity index is 1420. The molecule has 1 aromatic heterocycles. The lowest BCUT2D eigenvalue weighted by molar-refractivity contribution is -0.167. The fourth-order valence-electron chi connectivity index (χ4n) is 7.33. The summed E-state index contributed by atoms with van der Waals surface area (Å²) in [5, 5.41) is 11.3. The average molecular weight is 628 g/mol. The van der Waals surface area contributed by atoms with Crippen LogP contribution in [0.5, 0.6) is 0 Å². The first-order chi connectivity index (χ1) is 21.1. The Kier molecular flexibility index (Phi) is 8.53. The molecule has 2 bridgehead atoms. The van der Waals surface area contributed by atoms with Crippen LogP contribution >= 0.6 is 11.6 Å². The van der Waals surface area contributed by atoms with Crippen molar-refractivity contribution in [3.8, 4) is 0 Å². The van der Waals surface area contributed by atoms with Crippen molar-refractivity contribution in [2.75, 3.05) is 30.3 Å². The van der Waals surface area contributed by atoms with Crippen molar-refractivity contribution in [2.45, 2.75) is 75.9 Å². The number of carbonyl (C=O) groups excluding carboxylic acids is 3. The maximum Gasteiger partial charge on any atom is 0.257 e. The molecule has 4 N–H and O–H groups in total. The van der Waals surface area contributed by atoms with Gasteiger partial charge >= 0.3 is 0 Å². The third kappa shape index (κ3) is 5.64. The molecule has 11 nitrogen and oxygen atoms in total. The zero-order valence-electron chi connectivity index (χ0n) is 25.1. The van der Waals surface area contributed by atoms with Crippen molar-refractivity contribution in [3.05, 3.63) is 53.4 Å². The fraction of sp³-hybridized carbons (Fsp3) is 0.548. The molecule has 4 saturated heterocycles. The number of rotatable bonds is 8. The van der Waals surface area contributed by atoms with Crippen molar-refractivity contribution >= 4 is 40.8 Å². The van der Waals surface area contributed by atoms with E-state index in [1.807, 2.05) is 42.3 Å². The van der Waals surface area contributed by atoms with Crippen LogP contribution in [-0.4, -0.2) is 88.1 Å². The smallest absolute Gasteiger partial charge is 0.257 e. The van der Waals surface area contributed by atoms with E-state index >= 15 is 0 Å². The van der Waals surface area contributed by atoms with Gasteiger partial charge in [-0.1, -0.05) is 29.8 Å². The number of likely N-dealkylation sites (tertiary alicyclic amines) is 1. The van der Waals surface area contributed by atoms with Gasteiger partial charge in [0.2, 0.25) is 11.8 Å². The molecule has 1 spiro atoms. The van der Waals surface area contributed by atoms with Crippen LogP contribution in [0.3, 0.4) is 0 Å². The van der Waals surface area contributed by atoms with Crippen molar-refractivity contribution < 1.29 is 23.5 Å². The van der Waals surface area contributed by atoms with Crippen LogP contribution in [0.15, 0.2) is 42.6 Å². The number of nitrogens with one attached hydrogen (secondary N) is 4. The van der Waals surface area contributed by atoms with Gasteiger partial charge in [0, 0.05) is 55.9 Å². The number of pyridine rings is 1. The maximum atomic E-state index is 14.6. The summed E-state index contributed by atoms with van der Waals surface area (Å²) in [6, 6.07) is 9.97. The molecule has 44 heavy (non-hydrogen) atoms. The predicted octanol–water partition coefficient (Wildman–Crippen LogP) is 2.79. The molecule has 13 heteroatoms. The third-order valence-corrected chi connectivity index (χ3v) is 10.1. The zero-order chi connectivity index (χ0) is 31.2. The van der Waals surface area contributed by atoms with Gasteiger partial charge in [0.25, 0.3) is 5.91 Å². The number of fused-ring (bicyclic) bond motifs is 1. The number of hydrogen-bond acceptors (Lipinski definition) is 8. The van der Waals surface area contributed by atoms with Gasteiger partial charge in [-0.3, -0.25) is 19.8 Å². The van der Waals surface area contributed by atoms with Crippen molar-refractivity contribution in [1.82, 2.24) is 25.6 Å². The molecule has 8 unspecified atom stereocenters. The molecular weight excluding hydrogens is 589 g/mol. The van der Waals surface area contributed by atoms with Gasteiger partial charge in [-0.15, -0.1) is 0 Å². The van der Waals surface area contributed by atoms with Crippen LogP contribution in [0.4, 0.5) is 15.9 Å². The fourth-order valence-corrected chi connectivity index (χ4v) is 7.48. The summed E-state index contributed by atoms with van der Waals surface area (Å²) in [7, 11) is 0. The van der Waals surface area contributed by atoms with E-state index in [-0.39, 0.29) is 47.2 Å². The number of amides is 3. The van der Waals surface area contributed by atoms with Crippen LogP contribution in [0.2, 0.25) is 5.02 Å². The average Bonchev–Trinajstić information content (AvgIpc) is 3.57.